The summed E-state index contributed by atoms with van der Waals surface area (Å²) < 4.78 is 38.1. The van der Waals surface area contributed by atoms with E-state index in [4.69, 9.17) is 5.73 Å². The zero-order valence-corrected chi connectivity index (χ0v) is 13.6. The minimum atomic E-state index is -4.45. The van der Waals surface area contributed by atoms with Crippen LogP contribution in [0, 0.1) is 6.42 Å². The van der Waals surface area contributed by atoms with E-state index in [0.717, 1.165) is 36.4 Å². The molecule has 5 nitrogen and oxygen atoms in total. The Bertz CT molecular complexity index is 811. The van der Waals surface area contributed by atoms with Crippen molar-refractivity contribution < 1.29 is 22.8 Å². The number of nitrogens with two attached hydrogens (primary N) is 1. The number of thiazole rings is 1. The van der Waals surface area contributed by atoms with Gasteiger partial charge in [0.1, 0.15) is 5.69 Å². The Hall–Kier alpha value is -2.26. The first-order chi connectivity index (χ1) is 11.8. The Morgan fingerprint density at radius 1 is 1.28 bits per heavy atom. The van der Waals surface area contributed by atoms with Gasteiger partial charge in [-0.2, -0.15) is 13.2 Å². The van der Waals surface area contributed by atoms with Crippen LogP contribution >= 0.6 is 11.3 Å². The van der Waals surface area contributed by atoms with E-state index in [-0.39, 0.29) is 16.7 Å². The lowest BCUT2D eigenvalue weighted by molar-refractivity contribution is -0.137. The molecule has 0 spiro atoms. The number of nitrogens with one attached hydrogen (secondary N) is 1. The van der Waals surface area contributed by atoms with Crippen LogP contribution in [-0.2, 0) is 6.18 Å². The van der Waals surface area contributed by atoms with Gasteiger partial charge in [-0.05, 0) is 30.7 Å². The number of aromatic nitrogens is 1. The summed E-state index contributed by atoms with van der Waals surface area (Å²) in [4.78, 5) is 28.1. The second-order valence-electron chi connectivity index (χ2n) is 5.52. The molecule has 3 rings (SSSR count). The highest BCUT2D eigenvalue weighted by Gasteiger charge is 2.31. The number of ketones is 1. The Morgan fingerprint density at radius 3 is 2.40 bits per heavy atom. The van der Waals surface area contributed by atoms with Crippen LogP contribution in [0.15, 0.2) is 24.3 Å². The number of hydrogen-bond acceptors (Lipinski definition) is 5. The fraction of sp³-hybridized carbons (Fsp3) is 0.250. The van der Waals surface area contributed by atoms with Crippen molar-refractivity contribution in [1.29, 1.82) is 0 Å². The lowest BCUT2D eigenvalue weighted by Crippen LogP contribution is -2.44. The van der Waals surface area contributed by atoms with E-state index in [1.54, 1.807) is 0 Å². The van der Waals surface area contributed by atoms with Gasteiger partial charge in [-0.15, -0.1) is 11.3 Å². The third kappa shape index (κ3) is 3.72. The van der Waals surface area contributed by atoms with Crippen LogP contribution in [0.2, 0.25) is 0 Å². The second kappa shape index (κ2) is 6.57. The van der Waals surface area contributed by atoms with Crippen molar-refractivity contribution in [2.75, 3.05) is 6.54 Å². The highest BCUT2D eigenvalue weighted by atomic mass is 32.1. The Labute approximate surface area is 145 Å². The molecule has 25 heavy (non-hydrogen) atoms. The van der Waals surface area contributed by atoms with E-state index in [1.165, 1.54) is 18.6 Å². The van der Waals surface area contributed by atoms with Gasteiger partial charge in [0.2, 0.25) is 0 Å². The monoisotopic (exact) mass is 368 g/mol. The van der Waals surface area contributed by atoms with Crippen LogP contribution in [0.1, 0.15) is 32.3 Å². The van der Waals surface area contributed by atoms with E-state index in [2.05, 4.69) is 10.3 Å². The smallest absolute Gasteiger partial charge is 0.364 e. The molecule has 2 heterocycles. The Morgan fingerprint density at radius 2 is 1.92 bits per heavy atom. The fourth-order valence-electron chi connectivity index (χ4n) is 2.31. The summed E-state index contributed by atoms with van der Waals surface area (Å²) in [6, 6.07) is 4.28. The molecular formula is C16H13F3N3O2S. The van der Waals surface area contributed by atoms with Crippen molar-refractivity contribution in [3.63, 3.8) is 0 Å². The highest BCUT2D eigenvalue weighted by Crippen LogP contribution is 2.35. The number of amides is 1. The van der Waals surface area contributed by atoms with Crippen molar-refractivity contribution in [3.05, 3.63) is 47.0 Å². The molecule has 1 saturated heterocycles. The predicted molar refractivity (Wildman–Crippen MR) is 86.1 cm³/mol. The van der Waals surface area contributed by atoms with E-state index in [0.29, 0.717) is 10.4 Å². The number of carbonyl (C=O) groups is 2. The molecule has 0 aliphatic carbocycles. The van der Waals surface area contributed by atoms with E-state index < -0.39 is 23.4 Å². The van der Waals surface area contributed by atoms with Gasteiger partial charge in [0.05, 0.1) is 16.9 Å². The highest BCUT2D eigenvalue weighted by molar-refractivity contribution is 7.17. The number of nitrogens with zero attached hydrogens (tertiary/aromatic N) is 1. The molecule has 1 aromatic carbocycles. The van der Waals surface area contributed by atoms with Gasteiger partial charge in [0.25, 0.3) is 5.91 Å². The molecule has 1 amide bonds. The SMILES string of the molecule is NC(=O)c1nc(C(=O)[CH]C2CCN2)c(-c2ccc(C(F)(F)F)cc2)s1. The summed E-state index contributed by atoms with van der Waals surface area (Å²) in [5.74, 6) is -1.19. The number of halogens is 3. The van der Waals surface area contributed by atoms with E-state index in [1.807, 2.05) is 0 Å². The summed E-state index contributed by atoms with van der Waals surface area (Å²) in [6.45, 7) is 0.809. The van der Waals surface area contributed by atoms with Gasteiger partial charge < -0.3 is 11.1 Å². The van der Waals surface area contributed by atoms with Crippen LogP contribution in [0.25, 0.3) is 10.4 Å². The molecule has 1 aliphatic rings. The molecule has 1 fully saturated rings. The molecule has 0 saturated carbocycles. The molecule has 1 atom stereocenters. The standard InChI is InChI=1S/C16H13F3N3O2S/c17-16(18,19)9-3-1-8(2-4-9)13-12(22-15(25-13)14(20)24)11(23)7-10-5-6-21-10/h1-4,7,10,21H,5-6H2,(H2,20,24). The topological polar surface area (TPSA) is 85.1 Å². The summed E-state index contributed by atoms with van der Waals surface area (Å²) in [6.07, 6.45) is -2.18. The Kier molecular flexibility index (Phi) is 4.61. The molecule has 1 radical (unpaired) electrons. The van der Waals surface area contributed by atoms with Crippen molar-refractivity contribution in [3.8, 4) is 10.4 Å². The molecular weight excluding hydrogens is 355 g/mol. The zero-order chi connectivity index (χ0) is 18.2. The number of rotatable bonds is 5. The average Bonchev–Trinajstić information content (AvgIpc) is 2.95. The lowest BCUT2D eigenvalue weighted by Gasteiger charge is -2.26. The largest absolute Gasteiger partial charge is 0.416 e. The van der Waals surface area contributed by atoms with Crippen LogP contribution in [0.3, 0.4) is 0 Å². The molecule has 1 unspecified atom stereocenters. The van der Waals surface area contributed by atoms with Crippen LogP contribution in [-0.4, -0.2) is 29.3 Å². The average molecular weight is 368 g/mol. The summed E-state index contributed by atoms with van der Waals surface area (Å²) in [7, 11) is 0. The van der Waals surface area contributed by atoms with Gasteiger partial charge in [-0.1, -0.05) is 12.1 Å². The first-order valence-electron chi connectivity index (χ1n) is 7.36. The molecule has 1 aliphatic heterocycles. The molecule has 9 heteroatoms. The Balaban J connectivity index is 1.96. The van der Waals surface area contributed by atoms with Gasteiger partial charge in [-0.3, -0.25) is 9.59 Å². The van der Waals surface area contributed by atoms with Crippen LogP contribution in [0.4, 0.5) is 13.2 Å². The molecule has 2 aromatic rings. The first kappa shape index (κ1) is 17.6. The molecule has 1 aromatic heterocycles. The van der Waals surface area contributed by atoms with Gasteiger partial charge in [0.15, 0.2) is 10.8 Å². The van der Waals surface area contributed by atoms with Gasteiger partial charge >= 0.3 is 6.18 Å². The zero-order valence-electron chi connectivity index (χ0n) is 12.8. The van der Waals surface area contributed by atoms with Crippen molar-refractivity contribution >= 4 is 23.0 Å². The van der Waals surface area contributed by atoms with Crippen LogP contribution in [0.5, 0.6) is 0 Å². The summed E-state index contributed by atoms with van der Waals surface area (Å²) in [5, 5.41) is 2.98. The van der Waals surface area contributed by atoms with Crippen molar-refractivity contribution in [2.24, 2.45) is 5.73 Å². The van der Waals surface area contributed by atoms with Crippen molar-refractivity contribution in [2.45, 2.75) is 18.6 Å². The quantitative estimate of drug-likeness (QED) is 0.795. The second-order valence-corrected chi connectivity index (χ2v) is 6.52. The molecule has 3 N–H and O–H groups in total. The summed E-state index contributed by atoms with van der Waals surface area (Å²) >= 11 is 0.887. The maximum atomic E-state index is 12.7. The minimum absolute atomic E-state index is 0.0206. The maximum Gasteiger partial charge on any atom is 0.416 e. The maximum absolute atomic E-state index is 12.7. The first-order valence-corrected chi connectivity index (χ1v) is 8.18. The van der Waals surface area contributed by atoms with Crippen LogP contribution < -0.4 is 11.1 Å². The van der Waals surface area contributed by atoms with Gasteiger partial charge in [0, 0.05) is 6.04 Å². The van der Waals surface area contributed by atoms with E-state index in [9.17, 15) is 22.8 Å². The minimum Gasteiger partial charge on any atom is -0.364 e. The number of alkyl halides is 3. The third-order valence-corrected chi connectivity index (χ3v) is 4.88. The molecule has 131 valence electrons. The van der Waals surface area contributed by atoms with Crippen molar-refractivity contribution in [1.82, 2.24) is 10.3 Å². The third-order valence-electron chi connectivity index (χ3n) is 3.76. The number of hydrogen-bond donors (Lipinski definition) is 2. The van der Waals surface area contributed by atoms with Gasteiger partial charge in [-0.25, -0.2) is 4.98 Å². The number of carbonyl (C=O) groups excluding carboxylic acids is 2. The fourth-order valence-corrected chi connectivity index (χ4v) is 3.24. The van der Waals surface area contributed by atoms with E-state index >= 15 is 0 Å². The lowest BCUT2D eigenvalue weighted by atomic mass is 9.98. The predicted octanol–water partition coefficient (Wildman–Crippen LogP) is 2.68. The summed E-state index contributed by atoms with van der Waals surface area (Å²) in [5.41, 5.74) is 4.82. The number of Topliss-reactive ketones (excluding diaryl/α,β-unsaturated/α-hetero) is 1. The molecule has 0 bridgehead atoms. The number of benzene rings is 1. The normalized spacial score (nSPS) is 17.2. The number of primary amides is 1.